The van der Waals surface area contributed by atoms with Crippen LogP contribution in [0.3, 0.4) is 0 Å². The van der Waals surface area contributed by atoms with Crippen molar-refractivity contribution in [1.82, 2.24) is 10.8 Å². The summed E-state index contributed by atoms with van der Waals surface area (Å²) in [7, 11) is 0. The molecule has 1 amide bonds. The molecule has 0 bridgehead atoms. The third-order valence-electron chi connectivity index (χ3n) is 3.67. The summed E-state index contributed by atoms with van der Waals surface area (Å²) >= 11 is 0. The molecule has 0 radical (unpaired) electrons. The molecule has 1 aromatic carbocycles. The molecule has 4 heteroatoms. The minimum Gasteiger partial charge on any atom is -0.317 e. The number of carbonyl (C=O) groups is 1. The van der Waals surface area contributed by atoms with Gasteiger partial charge in [-0.1, -0.05) is 30.3 Å². The number of piperidine rings is 1. The lowest BCUT2D eigenvalue weighted by Gasteiger charge is -2.37. The van der Waals surface area contributed by atoms with Gasteiger partial charge in [0.05, 0.1) is 11.0 Å². The summed E-state index contributed by atoms with van der Waals surface area (Å²) in [4.78, 5) is 18.2. The van der Waals surface area contributed by atoms with E-state index in [1.165, 1.54) is 0 Å². The highest BCUT2D eigenvalue weighted by Gasteiger charge is 2.41. The van der Waals surface area contributed by atoms with Crippen LogP contribution < -0.4 is 10.8 Å². The van der Waals surface area contributed by atoms with Crippen LogP contribution in [0.15, 0.2) is 30.3 Å². The number of benzene rings is 1. The standard InChI is InChI=1S/C16H24N2O2/c1-15(2,3)20-18-14(19)16(9-11-17-12-10-16)13-7-5-4-6-8-13/h4-8,17H,9-12H2,1-3H3,(H,18,19). The first-order valence-corrected chi connectivity index (χ1v) is 7.19. The molecule has 0 aromatic heterocycles. The summed E-state index contributed by atoms with van der Waals surface area (Å²) in [6.45, 7) is 7.45. The van der Waals surface area contributed by atoms with Gasteiger partial charge in [0, 0.05) is 0 Å². The minimum absolute atomic E-state index is 0.0416. The van der Waals surface area contributed by atoms with Crippen molar-refractivity contribution < 1.29 is 9.63 Å². The maximum Gasteiger partial charge on any atom is 0.254 e. The van der Waals surface area contributed by atoms with Crippen molar-refractivity contribution in [2.45, 2.75) is 44.6 Å². The van der Waals surface area contributed by atoms with Crippen molar-refractivity contribution in [2.75, 3.05) is 13.1 Å². The zero-order valence-electron chi connectivity index (χ0n) is 12.5. The SMILES string of the molecule is CC(C)(C)ONC(=O)C1(c2ccccc2)CCNCC1. The highest BCUT2D eigenvalue weighted by molar-refractivity contribution is 5.87. The quantitative estimate of drug-likeness (QED) is 0.832. The van der Waals surface area contributed by atoms with E-state index < -0.39 is 5.41 Å². The Bertz CT molecular complexity index is 445. The fraction of sp³-hybridized carbons (Fsp3) is 0.562. The second-order valence-corrected chi connectivity index (χ2v) is 6.34. The Balaban J connectivity index is 2.21. The van der Waals surface area contributed by atoms with Gasteiger partial charge >= 0.3 is 0 Å². The molecular formula is C16H24N2O2. The zero-order valence-corrected chi connectivity index (χ0v) is 12.5. The van der Waals surface area contributed by atoms with E-state index in [1.54, 1.807) is 0 Å². The van der Waals surface area contributed by atoms with Gasteiger partial charge in [-0.05, 0) is 52.3 Å². The first kappa shape index (κ1) is 15.0. The Morgan fingerprint density at radius 1 is 1.20 bits per heavy atom. The van der Waals surface area contributed by atoms with E-state index in [2.05, 4.69) is 10.8 Å². The van der Waals surface area contributed by atoms with Gasteiger partial charge in [0.25, 0.3) is 5.91 Å². The average Bonchev–Trinajstić information content (AvgIpc) is 2.45. The monoisotopic (exact) mass is 276 g/mol. The van der Waals surface area contributed by atoms with E-state index in [-0.39, 0.29) is 11.5 Å². The van der Waals surface area contributed by atoms with E-state index in [1.807, 2.05) is 51.1 Å². The number of hydroxylamine groups is 1. The van der Waals surface area contributed by atoms with Crippen molar-refractivity contribution in [3.05, 3.63) is 35.9 Å². The Morgan fingerprint density at radius 2 is 1.80 bits per heavy atom. The molecule has 20 heavy (non-hydrogen) atoms. The van der Waals surface area contributed by atoms with Gasteiger partial charge in [0.15, 0.2) is 0 Å². The molecule has 0 aliphatic carbocycles. The van der Waals surface area contributed by atoms with Crippen LogP contribution >= 0.6 is 0 Å². The molecular weight excluding hydrogens is 252 g/mol. The summed E-state index contributed by atoms with van der Waals surface area (Å²) < 4.78 is 0. The Kier molecular flexibility index (Phi) is 4.45. The number of hydrogen-bond donors (Lipinski definition) is 2. The summed E-state index contributed by atoms with van der Waals surface area (Å²) in [5.41, 5.74) is 2.85. The topological polar surface area (TPSA) is 50.4 Å². The summed E-state index contributed by atoms with van der Waals surface area (Å²) in [5.74, 6) is -0.0416. The molecule has 1 heterocycles. The predicted molar refractivity (Wildman–Crippen MR) is 79.2 cm³/mol. The first-order chi connectivity index (χ1) is 9.44. The van der Waals surface area contributed by atoms with Crippen molar-refractivity contribution in [2.24, 2.45) is 0 Å². The van der Waals surface area contributed by atoms with Crippen LogP contribution in [0.4, 0.5) is 0 Å². The number of hydrogen-bond acceptors (Lipinski definition) is 3. The van der Waals surface area contributed by atoms with Crippen LogP contribution in [0.1, 0.15) is 39.2 Å². The zero-order chi connectivity index (χ0) is 14.6. The Labute approximate surface area is 120 Å². The lowest BCUT2D eigenvalue weighted by atomic mass is 9.72. The van der Waals surface area contributed by atoms with E-state index in [0.29, 0.717) is 0 Å². The fourth-order valence-corrected chi connectivity index (χ4v) is 2.55. The number of amides is 1. The lowest BCUT2D eigenvalue weighted by Crippen LogP contribution is -2.51. The minimum atomic E-state index is -0.488. The Morgan fingerprint density at radius 3 is 2.35 bits per heavy atom. The van der Waals surface area contributed by atoms with Gasteiger partial charge in [-0.15, -0.1) is 0 Å². The lowest BCUT2D eigenvalue weighted by molar-refractivity contribution is -0.152. The predicted octanol–water partition coefficient (Wildman–Crippen LogP) is 2.15. The van der Waals surface area contributed by atoms with E-state index >= 15 is 0 Å². The molecule has 1 aliphatic heterocycles. The van der Waals surface area contributed by atoms with Crippen LogP contribution in [-0.4, -0.2) is 24.6 Å². The number of carbonyl (C=O) groups excluding carboxylic acids is 1. The molecule has 110 valence electrons. The van der Waals surface area contributed by atoms with Gasteiger partial charge in [-0.3, -0.25) is 9.63 Å². The molecule has 2 rings (SSSR count). The smallest absolute Gasteiger partial charge is 0.254 e. The molecule has 0 atom stereocenters. The van der Waals surface area contributed by atoms with Crippen molar-refractivity contribution in [3.8, 4) is 0 Å². The average molecular weight is 276 g/mol. The molecule has 1 aliphatic rings. The fourth-order valence-electron chi connectivity index (χ4n) is 2.55. The first-order valence-electron chi connectivity index (χ1n) is 7.19. The van der Waals surface area contributed by atoms with Crippen LogP contribution in [0.5, 0.6) is 0 Å². The van der Waals surface area contributed by atoms with Gasteiger partial charge in [-0.25, -0.2) is 5.48 Å². The molecule has 4 nitrogen and oxygen atoms in total. The summed E-state index contributed by atoms with van der Waals surface area (Å²) in [6.07, 6.45) is 1.58. The maximum atomic E-state index is 12.7. The third-order valence-corrected chi connectivity index (χ3v) is 3.67. The molecule has 1 saturated heterocycles. The third kappa shape index (κ3) is 3.38. The molecule has 0 saturated carbocycles. The highest BCUT2D eigenvalue weighted by atomic mass is 16.7. The molecule has 0 spiro atoms. The molecule has 1 fully saturated rings. The van der Waals surface area contributed by atoms with Gasteiger partial charge < -0.3 is 5.32 Å². The van der Waals surface area contributed by atoms with Crippen LogP contribution in [0.25, 0.3) is 0 Å². The van der Waals surface area contributed by atoms with Gasteiger partial charge in [0.2, 0.25) is 0 Å². The number of nitrogens with one attached hydrogen (secondary N) is 2. The van der Waals surface area contributed by atoms with E-state index in [4.69, 9.17) is 4.84 Å². The molecule has 0 unspecified atom stereocenters. The van der Waals surface area contributed by atoms with Gasteiger partial charge in [-0.2, -0.15) is 0 Å². The van der Waals surface area contributed by atoms with Gasteiger partial charge in [0.1, 0.15) is 0 Å². The largest absolute Gasteiger partial charge is 0.317 e. The number of rotatable bonds is 3. The Hall–Kier alpha value is -1.39. The second kappa shape index (κ2) is 5.94. The van der Waals surface area contributed by atoms with Crippen LogP contribution in [0, 0.1) is 0 Å². The van der Waals surface area contributed by atoms with E-state index in [9.17, 15) is 4.79 Å². The second-order valence-electron chi connectivity index (χ2n) is 6.34. The van der Waals surface area contributed by atoms with E-state index in [0.717, 1.165) is 31.5 Å². The summed E-state index contributed by atoms with van der Waals surface area (Å²) in [6, 6.07) is 10.00. The molecule has 1 aromatic rings. The van der Waals surface area contributed by atoms with Crippen molar-refractivity contribution in [1.29, 1.82) is 0 Å². The van der Waals surface area contributed by atoms with Crippen molar-refractivity contribution >= 4 is 5.91 Å². The molecule has 2 N–H and O–H groups in total. The van der Waals surface area contributed by atoms with Crippen LogP contribution in [0.2, 0.25) is 0 Å². The normalized spacial score (nSPS) is 18.6. The van der Waals surface area contributed by atoms with Crippen molar-refractivity contribution in [3.63, 3.8) is 0 Å². The highest BCUT2D eigenvalue weighted by Crippen LogP contribution is 2.33. The summed E-state index contributed by atoms with van der Waals surface area (Å²) in [5, 5.41) is 3.32. The van der Waals surface area contributed by atoms with Crippen LogP contribution in [-0.2, 0) is 15.0 Å². The maximum absolute atomic E-state index is 12.7.